The van der Waals surface area contributed by atoms with Crippen LogP contribution in [0.3, 0.4) is 0 Å². The predicted molar refractivity (Wildman–Crippen MR) is 126 cm³/mol. The number of thiophene rings is 2. The minimum Gasteiger partial charge on any atom is -0.144 e. The zero-order valence-electron chi connectivity index (χ0n) is 15.3. The number of rotatable bonds is 3. The van der Waals surface area contributed by atoms with Gasteiger partial charge in [0.1, 0.15) is 0 Å². The highest BCUT2D eigenvalue weighted by atomic mass is 32.1. The summed E-state index contributed by atoms with van der Waals surface area (Å²) in [6.45, 7) is 0. The van der Waals surface area contributed by atoms with Crippen LogP contribution in [0, 0.1) is 0 Å². The summed E-state index contributed by atoms with van der Waals surface area (Å²) in [5.74, 6) is 0. The Bertz CT molecular complexity index is 1450. The van der Waals surface area contributed by atoms with E-state index >= 15 is 0 Å². The van der Waals surface area contributed by atoms with Crippen LogP contribution in [0.25, 0.3) is 41.7 Å². The summed E-state index contributed by atoms with van der Waals surface area (Å²) in [4.78, 5) is 1.47. The van der Waals surface area contributed by atoms with Gasteiger partial charge in [0.05, 0.1) is 0 Å². The van der Waals surface area contributed by atoms with Crippen molar-refractivity contribution in [2.24, 2.45) is 0 Å². The number of fused-ring (bicyclic) bond motifs is 6. The molecule has 6 rings (SSSR count). The van der Waals surface area contributed by atoms with Gasteiger partial charge < -0.3 is 0 Å². The quantitative estimate of drug-likeness (QED) is 0.265. The van der Waals surface area contributed by atoms with E-state index in [1.54, 1.807) is 0 Å². The van der Waals surface area contributed by atoms with Crippen LogP contribution < -0.4 is 0 Å². The Kier molecular flexibility index (Phi) is 3.75. The number of aryl methyl sites for hydroxylation is 2. The molecule has 0 atom stereocenters. The van der Waals surface area contributed by atoms with Gasteiger partial charge in [-0.2, -0.15) is 0 Å². The van der Waals surface area contributed by atoms with Crippen LogP contribution >= 0.6 is 22.7 Å². The second-order valence-corrected chi connectivity index (χ2v) is 9.48. The van der Waals surface area contributed by atoms with Crippen LogP contribution in [0.4, 0.5) is 0 Å². The molecule has 4 aromatic carbocycles. The van der Waals surface area contributed by atoms with Gasteiger partial charge in [-0.3, -0.25) is 0 Å². The maximum absolute atomic E-state index is 2.42. The lowest BCUT2D eigenvalue weighted by molar-refractivity contribution is 0.982. The standard InChI is InChI=1S/C26H18S2/c1-2-4-17(5-3-1)6-9-20-16-24-23-15-18-7-10-25-21(12-13-27-25)22(18)14-19(23)8-11-26(24)28-20/h1-5,7-8,10-16H,6,9H2. The molecule has 0 unspecified atom stereocenters. The summed E-state index contributed by atoms with van der Waals surface area (Å²) >= 11 is 3.76. The molecule has 0 nitrogen and oxygen atoms in total. The molecule has 134 valence electrons. The van der Waals surface area contributed by atoms with E-state index in [4.69, 9.17) is 0 Å². The zero-order chi connectivity index (χ0) is 18.5. The van der Waals surface area contributed by atoms with Gasteiger partial charge in [-0.1, -0.05) is 42.5 Å². The van der Waals surface area contributed by atoms with E-state index in [2.05, 4.69) is 84.2 Å². The topological polar surface area (TPSA) is 0 Å². The molecule has 28 heavy (non-hydrogen) atoms. The highest BCUT2D eigenvalue weighted by Gasteiger charge is 2.09. The Morgan fingerprint density at radius 3 is 2.14 bits per heavy atom. The largest absolute Gasteiger partial charge is 0.144 e. The van der Waals surface area contributed by atoms with Crippen LogP contribution in [-0.4, -0.2) is 0 Å². The van der Waals surface area contributed by atoms with E-state index in [-0.39, 0.29) is 0 Å². The molecule has 2 aromatic heterocycles. The molecule has 6 aromatic rings. The third kappa shape index (κ3) is 2.64. The highest BCUT2D eigenvalue weighted by Crippen LogP contribution is 2.37. The fourth-order valence-corrected chi connectivity index (χ4v) is 6.09. The maximum Gasteiger partial charge on any atom is 0.0352 e. The molecular weight excluding hydrogens is 376 g/mol. The van der Waals surface area contributed by atoms with Crippen molar-refractivity contribution in [2.75, 3.05) is 0 Å². The van der Waals surface area contributed by atoms with E-state index in [9.17, 15) is 0 Å². The summed E-state index contributed by atoms with van der Waals surface area (Å²) < 4.78 is 2.76. The first kappa shape index (κ1) is 16.3. The number of benzene rings is 4. The van der Waals surface area contributed by atoms with Crippen LogP contribution in [0.1, 0.15) is 10.4 Å². The molecule has 2 heteroatoms. The lowest BCUT2D eigenvalue weighted by atomic mass is 9.99. The van der Waals surface area contributed by atoms with Gasteiger partial charge in [0.25, 0.3) is 0 Å². The smallest absolute Gasteiger partial charge is 0.0352 e. The molecule has 0 aliphatic rings. The average Bonchev–Trinajstić information content (AvgIpc) is 3.38. The molecule has 0 aliphatic carbocycles. The molecule has 0 fully saturated rings. The van der Waals surface area contributed by atoms with Crippen LogP contribution in [0.2, 0.25) is 0 Å². The molecule has 0 bridgehead atoms. The van der Waals surface area contributed by atoms with Crippen LogP contribution in [0.5, 0.6) is 0 Å². The second kappa shape index (κ2) is 6.44. The van der Waals surface area contributed by atoms with Crippen molar-refractivity contribution in [3.05, 3.63) is 94.7 Å². The lowest BCUT2D eigenvalue weighted by Crippen LogP contribution is -1.87. The SMILES string of the molecule is c1ccc(CCc2cc3c(ccc4cc5c(ccc6sccc65)cc43)s2)cc1. The lowest BCUT2D eigenvalue weighted by Gasteiger charge is -2.05. The van der Waals surface area contributed by atoms with Gasteiger partial charge in [0, 0.05) is 25.0 Å². The minimum atomic E-state index is 1.10. The van der Waals surface area contributed by atoms with E-state index in [1.165, 1.54) is 52.2 Å². The molecule has 0 saturated heterocycles. The molecule has 0 amide bonds. The van der Waals surface area contributed by atoms with E-state index in [0.717, 1.165) is 12.8 Å². The zero-order valence-corrected chi connectivity index (χ0v) is 16.9. The Balaban J connectivity index is 1.48. The molecule has 0 aliphatic heterocycles. The summed E-state index contributed by atoms with van der Waals surface area (Å²) in [7, 11) is 0. The number of hydrogen-bond acceptors (Lipinski definition) is 2. The van der Waals surface area contributed by atoms with Gasteiger partial charge in [-0.25, -0.2) is 0 Å². The molecule has 0 saturated carbocycles. The predicted octanol–water partition coefficient (Wildman–Crippen LogP) is 8.21. The van der Waals surface area contributed by atoms with Crippen molar-refractivity contribution in [1.29, 1.82) is 0 Å². The molecular formula is C26H18S2. The number of hydrogen-bond donors (Lipinski definition) is 0. The van der Waals surface area contributed by atoms with Crippen molar-refractivity contribution in [3.63, 3.8) is 0 Å². The summed E-state index contributed by atoms with van der Waals surface area (Å²) in [6, 6.07) is 29.3. The third-order valence-corrected chi connectivity index (χ3v) is 7.68. The van der Waals surface area contributed by atoms with Crippen molar-refractivity contribution in [1.82, 2.24) is 0 Å². The first-order valence-electron chi connectivity index (χ1n) is 9.64. The van der Waals surface area contributed by atoms with E-state index in [0.29, 0.717) is 0 Å². The first-order valence-corrected chi connectivity index (χ1v) is 11.3. The van der Waals surface area contributed by atoms with Gasteiger partial charge >= 0.3 is 0 Å². The van der Waals surface area contributed by atoms with Gasteiger partial charge in [-0.15, -0.1) is 22.7 Å². The van der Waals surface area contributed by atoms with E-state index in [1.807, 2.05) is 22.7 Å². The molecule has 0 N–H and O–H groups in total. The Labute approximate surface area is 171 Å². The normalized spacial score (nSPS) is 11.9. The fourth-order valence-electron chi connectivity index (χ4n) is 4.21. The summed E-state index contributed by atoms with van der Waals surface area (Å²) in [5.41, 5.74) is 1.41. The average molecular weight is 395 g/mol. The summed E-state index contributed by atoms with van der Waals surface area (Å²) in [6.07, 6.45) is 2.21. The molecule has 2 heterocycles. The van der Waals surface area contributed by atoms with Crippen molar-refractivity contribution in [3.8, 4) is 0 Å². The van der Waals surface area contributed by atoms with Gasteiger partial charge in [0.2, 0.25) is 0 Å². The summed E-state index contributed by atoms with van der Waals surface area (Å²) in [5, 5.41) is 10.4. The second-order valence-electron chi connectivity index (χ2n) is 7.37. The van der Waals surface area contributed by atoms with Crippen LogP contribution in [0.15, 0.2) is 84.2 Å². The first-order chi connectivity index (χ1) is 13.8. The minimum absolute atomic E-state index is 1.10. The Hall–Kier alpha value is -2.68. The third-order valence-electron chi connectivity index (χ3n) is 5.64. The Morgan fingerprint density at radius 1 is 0.571 bits per heavy atom. The van der Waals surface area contributed by atoms with Gasteiger partial charge in [-0.05, 0) is 81.7 Å². The van der Waals surface area contributed by atoms with Crippen LogP contribution in [-0.2, 0) is 12.8 Å². The van der Waals surface area contributed by atoms with Crippen molar-refractivity contribution < 1.29 is 0 Å². The monoisotopic (exact) mass is 394 g/mol. The maximum atomic E-state index is 2.42. The Morgan fingerprint density at radius 2 is 1.32 bits per heavy atom. The molecule has 0 spiro atoms. The van der Waals surface area contributed by atoms with Crippen molar-refractivity contribution in [2.45, 2.75) is 12.8 Å². The molecule has 0 radical (unpaired) electrons. The van der Waals surface area contributed by atoms with Crippen molar-refractivity contribution >= 4 is 64.4 Å². The fraction of sp³-hybridized carbons (Fsp3) is 0.0769. The van der Waals surface area contributed by atoms with Gasteiger partial charge in [0.15, 0.2) is 0 Å². The highest BCUT2D eigenvalue weighted by molar-refractivity contribution is 7.19. The van der Waals surface area contributed by atoms with E-state index < -0.39 is 0 Å².